The molecule has 4 rings (SSSR count). The Morgan fingerprint density at radius 1 is 1.12 bits per heavy atom. The molecule has 2 fully saturated rings. The number of phenols is 1. The Kier molecular flexibility index (Phi) is 3.73. The minimum atomic E-state index is -0.341. The van der Waals surface area contributed by atoms with Crippen molar-refractivity contribution >= 4 is 11.9 Å². The first-order chi connectivity index (χ1) is 11.7. The van der Waals surface area contributed by atoms with Gasteiger partial charge in [0.1, 0.15) is 5.75 Å². The van der Waals surface area contributed by atoms with Crippen molar-refractivity contribution in [2.45, 2.75) is 24.8 Å². The fraction of sp³-hybridized carbons (Fsp3) is 0.286. The van der Waals surface area contributed by atoms with Crippen molar-refractivity contribution in [1.82, 2.24) is 5.32 Å². The van der Waals surface area contributed by atoms with Crippen molar-refractivity contribution in [2.24, 2.45) is 5.92 Å². The second kappa shape index (κ2) is 5.91. The second-order valence-electron chi connectivity index (χ2n) is 6.86. The maximum atomic E-state index is 12.9. The Bertz CT molecular complexity index is 796. The number of nitrogens with one attached hydrogen (secondary N) is 1. The molecule has 0 amide bonds. The van der Waals surface area contributed by atoms with E-state index in [0.29, 0.717) is 6.42 Å². The van der Waals surface area contributed by atoms with E-state index in [1.807, 2.05) is 42.5 Å². The number of aromatic hydroxyl groups is 1. The van der Waals surface area contributed by atoms with E-state index in [0.717, 1.165) is 36.1 Å². The summed E-state index contributed by atoms with van der Waals surface area (Å²) >= 11 is 0. The van der Waals surface area contributed by atoms with Crippen LogP contribution in [0.2, 0.25) is 0 Å². The van der Waals surface area contributed by atoms with Crippen molar-refractivity contribution < 1.29 is 9.90 Å². The predicted molar refractivity (Wildman–Crippen MR) is 94.6 cm³/mol. The van der Waals surface area contributed by atoms with Gasteiger partial charge in [-0.3, -0.25) is 4.79 Å². The van der Waals surface area contributed by atoms with Crippen molar-refractivity contribution in [3.8, 4) is 5.75 Å². The van der Waals surface area contributed by atoms with Crippen molar-refractivity contribution in [1.29, 1.82) is 0 Å². The molecular formula is C21H21NO2. The zero-order valence-corrected chi connectivity index (χ0v) is 13.5. The van der Waals surface area contributed by atoms with E-state index in [4.69, 9.17) is 0 Å². The summed E-state index contributed by atoms with van der Waals surface area (Å²) in [6.07, 6.45) is 4.39. The number of fused-ring (bicyclic) bond motifs is 2. The van der Waals surface area contributed by atoms with Gasteiger partial charge in [0.15, 0.2) is 5.78 Å². The van der Waals surface area contributed by atoms with Crippen LogP contribution in [0, 0.1) is 5.92 Å². The molecule has 2 bridgehead atoms. The van der Waals surface area contributed by atoms with Crippen LogP contribution < -0.4 is 5.32 Å². The van der Waals surface area contributed by atoms with Gasteiger partial charge in [0.25, 0.3) is 0 Å². The maximum absolute atomic E-state index is 12.9. The Morgan fingerprint density at radius 3 is 2.75 bits per heavy atom. The molecule has 1 saturated heterocycles. The van der Waals surface area contributed by atoms with E-state index in [9.17, 15) is 9.90 Å². The molecule has 2 atom stereocenters. The number of benzene rings is 2. The summed E-state index contributed by atoms with van der Waals surface area (Å²) in [6.45, 7) is 0.889. The summed E-state index contributed by atoms with van der Waals surface area (Å²) in [6, 6.07) is 17.4. The number of hydrogen-bond acceptors (Lipinski definition) is 3. The van der Waals surface area contributed by atoms with Gasteiger partial charge in [-0.2, -0.15) is 0 Å². The smallest absolute Gasteiger partial charge is 0.161 e. The van der Waals surface area contributed by atoms with Gasteiger partial charge in [-0.25, -0.2) is 0 Å². The molecule has 2 aliphatic rings. The quantitative estimate of drug-likeness (QED) is 0.831. The molecule has 0 spiro atoms. The second-order valence-corrected chi connectivity index (χ2v) is 6.86. The summed E-state index contributed by atoms with van der Waals surface area (Å²) < 4.78 is 0. The molecule has 2 N–H and O–H groups in total. The van der Waals surface area contributed by atoms with Crippen LogP contribution >= 0.6 is 0 Å². The summed E-state index contributed by atoms with van der Waals surface area (Å²) in [5.41, 5.74) is 2.72. The number of carbonyl (C=O) groups excluding carboxylic acids is 1. The Labute approximate surface area is 142 Å². The van der Waals surface area contributed by atoms with Gasteiger partial charge < -0.3 is 10.4 Å². The molecule has 122 valence electrons. The average Bonchev–Trinajstić information content (AvgIpc) is 2.60. The van der Waals surface area contributed by atoms with Crippen LogP contribution in [-0.2, 0) is 10.3 Å². The third-order valence-corrected chi connectivity index (χ3v) is 5.30. The number of hydrogen-bond donors (Lipinski definition) is 2. The molecule has 1 unspecified atom stereocenters. The lowest BCUT2D eigenvalue weighted by atomic mass is 9.65. The molecule has 3 nitrogen and oxygen atoms in total. The first-order valence-electron chi connectivity index (χ1n) is 8.51. The third kappa shape index (κ3) is 2.65. The number of Topliss-reactive ketones (excluding diaryl/α,β-unsaturated/α-hetero) is 1. The normalized spacial score (nSPS) is 28.1. The molecule has 1 aliphatic carbocycles. The Hall–Kier alpha value is -2.39. The largest absolute Gasteiger partial charge is 0.508 e. The number of allylic oxidation sites excluding steroid dienone is 1. The van der Waals surface area contributed by atoms with Crippen LogP contribution in [0.25, 0.3) is 6.08 Å². The predicted octanol–water partition coefficient (Wildman–Crippen LogP) is 3.64. The van der Waals surface area contributed by atoms with Crippen LogP contribution in [0.1, 0.15) is 30.4 Å². The standard InChI is InChI=1S/C21H21NO2/c23-18-8-4-7-17(12-18)21-13-16(9-10-22-21)19(20(24)14-21)11-15-5-2-1-3-6-15/h1-8,11-12,16,22-23H,9-10,13-14H2/b19-11+/t16-,21?/m0/s1. The Morgan fingerprint density at radius 2 is 1.96 bits per heavy atom. The fourth-order valence-corrected chi connectivity index (χ4v) is 4.14. The van der Waals surface area contributed by atoms with Gasteiger partial charge in [-0.15, -0.1) is 0 Å². The van der Waals surface area contributed by atoms with Gasteiger partial charge >= 0.3 is 0 Å². The number of piperidine rings is 1. The first-order valence-corrected chi connectivity index (χ1v) is 8.51. The minimum absolute atomic E-state index is 0.214. The van der Waals surface area contributed by atoms with Gasteiger partial charge in [0, 0.05) is 6.42 Å². The van der Waals surface area contributed by atoms with Crippen molar-refractivity contribution in [2.75, 3.05) is 6.54 Å². The van der Waals surface area contributed by atoms with E-state index in [-0.39, 0.29) is 23.0 Å². The summed E-state index contributed by atoms with van der Waals surface area (Å²) in [5.74, 6) is 0.740. The van der Waals surface area contributed by atoms with E-state index in [1.54, 1.807) is 12.1 Å². The minimum Gasteiger partial charge on any atom is -0.508 e. The van der Waals surface area contributed by atoms with E-state index in [2.05, 4.69) is 11.4 Å². The average molecular weight is 319 g/mol. The molecule has 0 radical (unpaired) electrons. The molecule has 2 aromatic carbocycles. The number of carbonyl (C=O) groups is 1. The number of rotatable bonds is 2. The number of ketones is 1. The highest BCUT2D eigenvalue weighted by molar-refractivity contribution is 6.01. The molecule has 3 heteroatoms. The molecule has 24 heavy (non-hydrogen) atoms. The SMILES string of the molecule is O=C1CC2(c3cccc(O)c3)C[C@H](CCN2)/C1=C\c1ccccc1. The topological polar surface area (TPSA) is 49.3 Å². The highest BCUT2D eigenvalue weighted by Gasteiger charge is 2.46. The monoisotopic (exact) mass is 319 g/mol. The summed E-state index contributed by atoms with van der Waals surface area (Å²) in [5, 5.41) is 13.4. The fourth-order valence-electron chi connectivity index (χ4n) is 4.14. The van der Waals surface area contributed by atoms with Crippen LogP contribution in [0.5, 0.6) is 5.75 Å². The Balaban J connectivity index is 1.70. The third-order valence-electron chi connectivity index (χ3n) is 5.30. The maximum Gasteiger partial charge on any atom is 0.161 e. The molecule has 1 aliphatic heterocycles. The lowest BCUT2D eigenvalue weighted by Crippen LogP contribution is -2.53. The molecule has 1 saturated carbocycles. The highest BCUT2D eigenvalue weighted by Crippen LogP contribution is 2.45. The van der Waals surface area contributed by atoms with Gasteiger partial charge in [0.05, 0.1) is 5.54 Å². The van der Waals surface area contributed by atoms with Gasteiger partial charge in [0.2, 0.25) is 0 Å². The number of phenolic OH excluding ortho intramolecular Hbond substituents is 1. The van der Waals surface area contributed by atoms with Crippen molar-refractivity contribution in [3.63, 3.8) is 0 Å². The molecular weight excluding hydrogens is 298 g/mol. The van der Waals surface area contributed by atoms with Crippen LogP contribution in [0.15, 0.2) is 60.2 Å². The first kappa shape index (κ1) is 15.2. The molecule has 0 aromatic heterocycles. The van der Waals surface area contributed by atoms with Gasteiger partial charge in [-0.1, -0.05) is 42.5 Å². The van der Waals surface area contributed by atoms with Crippen LogP contribution in [0.4, 0.5) is 0 Å². The summed E-state index contributed by atoms with van der Waals surface area (Å²) in [4.78, 5) is 12.9. The molecule has 2 aromatic rings. The van der Waals surface area contributed by atoms with E-state index in [1.165, 1.54) is 0 Å². The lowest BCUT2D eigenvalue weighted by molar-refractivity contribution is -0.120. The zero-order valence-electron chi connectivity index (χ0n) is 13.5. The van der Waals surface area contributed by atoms with Crippen molar-refractivity contribution in [3.05, 3.63) is 71.3 Å². The van der Waals surface area contributed by atoms with Crippen LogP contribution in [0.3, 0.4) is 0 Å². The molecule has 1 heterocycles. The van der Waals surface area contributed by atoms with E-state index >= 15 is 0 Å². The summed E-state index contributed by atoms with van der Waals surface area (Å²) in [7, 11) is 0. The van der Waals surface area contributed by atoms with E-state index < -0.39 is 0 Å². The van der Waals surface area contributed by atoms with Gasteiger partial charge in [-0.05, 0) is 60.2 Å². The lowest BCUT2D eigenvalue weighted by Gasteiger charge is -2.46. The zero-order chi connectivity index (χ0) is 16.6. The highest BCUT2D eigenvalue weighted by atomic mass is 16.3. The van der Waals surface area contributed by atoms with Crippen LogP contribution in [-0.4, -0.2) is 17.4 Å².